The number of halogens is 1. The van der Waals surface area contributed by atoms with Crippen molar-refractivity contribution in [2.75, 3.05) is 65.1 Å². The minimum atomic E-state index is -0.201. The van der Waals surface area contributed by atoms with Crippen molar-refractivity contribution in [1.29, 1.82) is 0 Å². The van der Waals surface area contributed by atoms with Gasteiger partial charge < -0.3 is 18.7 Å². The topological polar surface area (TPSA) is 44.8 Å². The van der Waals surface area contributed by atoms with Crippen molar-refractivity contribution in [2.24, 2.45) is 0 Å². The monoisotopic (exact) mass is 360 g/mol. The molecule has 0 spiro atoms. The summed E-state index contributed by atoms with van der Waals surface area (Å²) in [5.74, 6) is -0.201. The van der Waals surface area contributed by atoms with Crippen molar-refractivity contribution in [3.05, 3.63) is 0 Å². The maximum absolute atomic E-state index is 10.8. The minimum Gasteiger partial charge on any atom is -0.463 e. The van der Waals surface area contributed by atoms with E-state index in [0.717, 1.165) is 17.6 Å². The molecule has 0 aromatic carbocycles. The van der Waals surface area contributed by atoms with Gasteiger partial charge in [0.25, 0.3) is 0 Å². The Morgan fingerprint density at radius 3 is 2.06 bits per heavy atom. The molecule has 0 atom stereocenters. The van der Waals surface area contributed by atoms with Gasteiger partial charge in [-0.3, -0.25) is 4.79 Å². The highest BCUT2D eigenvalue weighted by Gasteiger charge is 2.05. The molecular weight excluding hydrogens is 337 g/mol. The van der Waals surface area contributed by atoms with Crippen molar-refractivity contribution >= 4 is 28.6 Å². The Hall–Kier alpha value is 0.0800. The highest BCUT2D eigenvalue weighted by atomic mass is 127. The molecule has 0 aliphatic heterocycles. The van der Waals surface area contributed by atoms with Gasteiger partial charge in [-0.1, -0.05) is 22.6 Å². The van der Waals surface area contributed by atoms with Gasteiger partial charge in [-0.15, -0.1) is 0 Å². The third-order valence-corrected chi connectivity index (χ3v) is 2.50. The van der Waals surface area contributed by atoms with E-state index in [0.29, 0.717) is 30.9 Å². The van der Waals surface area contributed by atoms with E-state index in [4.69, 9.17) is 14.2 Å². The van der Waals surface area contributed by atoms with Gasteiger partial charge in [0.15, 0.2) is 0 Å². The largest absolute Gasteiger partial charge is 0.463 e. The molecule has 0 heterocycles. The summed E-state index contributed by atoms with van der Waals surface area (Å²) in [6.07, 6.45) is 0. The molecule has 102 valence electrons. The molecule has 0 fully saturated rings. The molecule has 0 aromatic heterocycles. The Labute approximate surface area is 117 Å². The molecular formula is C11H23INO4+. The van der Waals surface area contributed by atoms with Gasteiger partial charge in [0.1, 0.15) is 13.2 Å². The first kappa shape index (κ1) is 17.1. The molecule has 0 radical (unpaired) electrons. The number of nitrogens with zero attached hydrogens (tertiary/aromatic N) is 1. The molecule has 0 N–H and O–H groups in total. The van der Waals surface area contributed by atoms with Crippen molar-refractivity contribution in [3.63, 3.8) is 0 Å². The lowest BCUT2D eigenvalue weighted by atomic mass is 10.5. The van der Waals surface area contributed by atoms with E-state index in [1.54, 1.807) is 0 Å². The first-order valence-electron chi connectivity index (χ1n) is 5.63. The van der Waals surface area contributed by atoms with Crippen LogP contribution in [0.15, 0.2) is 0 Å². The van der Waals surface area contributed by atoms with Gasteiger partial charge in [0.2, 0.25) is 0 Å². The van der Waals surface area contributed by atoms with E-state index < -0.39 is 0 Å². The van der Waals surface area contributed by atoms with E-state index in [-0.39, 0.29) is 5.97 Å². The number of likely N-dealkylation sites (N-methyl/N-ethyl adjacent to an activating group) is 1. The van der Waals surface area contributed by atoms with Gasteiger partial charge in [0.05, 0.1) is 52.0 Å². The molecule has 0 aromatic rings. The number of esters is 1. The smallest absolute Gasteiger partial charge is 0.315 e. The molecule has 0 amide bonds. The van der Waals surface area contributed by atoms with E-state index in [2.05, 4.69) is 21.1 Å². The van der Waals surface area contributed by atoms with Crippen molar-refractivity contribution in [2.45, 2.75) is 0 Å². The third-order valence-electron chi connectivity index (χ3n) is 1.88. The number of carbonyl (C=O) groups excluding carboxylic acids is 1. The lowest BCUT2D eigenvalue weighted by Crippen LogP contribution is -2.37. The highest BCUT2D eigenvalue weighted by Crippen LogP contribution is 1.90. The fraction of sp³-hybridized carbons (Fsp3) is 0.909. The SMILES string of the molecule is C[N+](C)(C)CCOCCOCCOC(=O)CI. The zero-order chi connectivity index (χ0) is 13.1. The van der Waals surface area contributed by atoms with Crippen LogP contribution in [0.5, 0.6) is 0 Å². The van der Waals surface area contributed by atoms with Crippen LogP contribution >= 0.6 is 22.6 Å². The summed E-state index contributed by atoms with van der Waals surface area (Å²) >= 11 is 1.97. The van der Waals surface area contributed by atoms with Gasteiger partial charge in [-0.25, -0.2) is 0 Å². The summed E-state index contributed by atoms with van der Waals surface area (Å²) in [6, 6.07) is 0. The summed E-state index contributed by atoms with van der Waals surface area (Å²) in [7, 11) is 6.38. The van der Waals surface area contributed by atoms with Crippen molar-refractivity contribution in [3.8, 4) is 0 Å². The fourth-order valence-electron chi connectivity index (χ4n) is 0.913. The number of alkyl halides is 1. The van der Waals surface area contributed by atoms with Crippen LogP contribution in [0.2, 0.25) is 0 Å². The Balaban J connectivity index is 3.12. The van der Waals surface area contributed by atoms with Crippen molar-refractivity contribution < 1.29 is 23.5 Å². The minimum absolute atomic E-state index is 0.201. The number of hydrogen-bond donors (Lipinski definition) is 0. The highest BCUT2D eigenvalue weighted by molar-refractivity contribution is 14.1. The molecule has 0 unspecified atom stereocenters. The van der Waals surface area contributed by atoms with E-state index in [9.17, 15) is 4.79 Å². The fourth-order valence-corrected chi connectivity index (χ4v) is 1.13. The second-order valence-electron chi connectivity index (χ2n) is 4.59. The average Bonchev–Trinajstić information content (AvgIpc) is 2.25. The number of hydrogen-bond acceptors (Lipinski definition) is 4. The molecule has 6 heteroatoms. The Morgan fingerprint density at radius 2 is 1.53 bits per heavy atom. The number of rotatable bonds is 10. The van der Waals surface area contributed by atoms with Crippen LogP contribution in [0.4, 0.5) is 0 Å². The summed E-state index contributed by atoms with van der Waals surface area (Å²) in [5, 5.41) is 0. The second kappa shape index (κ2) is 10.0. The van der Waals surface area contributed by atoms with Gasteiger partial charge >= 0.3 is 5.97 Å². The summed E-state index contributed by atoms with van der Waals surface area (Å²) in [6.45, 7) is 3.59. The quantitative estimate of drug-likeness (QED) is 0.189. The molecule has 0 saturated heterocycles. The maximum Gasteiger partial charge on any atom is 0.315 e. The maximum atomic E-state index is 10.8. The average molecular weight is 360 g/mol. The molecule has 0 rings (SSSR count). The summed E-state index contributed by atoms with van der Waals surface area (Å²) in [5.41, 5.74) is 0. The summed E-state index contributed by atoms with van der Waals surface area (Å²) < 4.78 is 16.8. The van der Waals surface area contributed by atoms with Crippen LogP contribution in [-0.4, -0.2) is 75.6 Å². The third kappa shape index (κ3) is 14.0. The molecule has 0 bridgehead atoms. The molecule has 5 nitrogen and oxygen atoms in total. The van der Waals surface area contributed by atoms with Crippen LogP contribution in [0.25, 0.3) is 0 Å². The van der Waals surface area contributed by atoms with E-state index in [1.807, 2.05) is 22.6 Å². The zero-order valence-electron chi connectivity index (χ0n) is 10.9. The predicted octanol–water partition coefficient (Wildman–Crippen LogP) is 0.704. The molecule has 0 aliphatic rings. The van der Waals surface area contributed by atoms with Crippen LogP contribution < -0.4 is 0 Å². The van der Waals surface area contributed by atoms with Crippen LogP contribution in [0, 0.1) is 0 Å². The number of carbonyl (C=O) groups is 1. The van der Waals surface area contributed by atoms with Crippen LogP contribution in [0.1, 0.15) is 0 Å². The second-order valence-corrected chi connectivity index (χ2v) is 5.36. The standard InChI is InChI=1S/C11H23INO4/c1-13(2,3)4-5-15-6-7-16-8-9-17-11(14)10-12/h4-10H2,1-3H3/q+1. The van der Waals surface area contributed by atoms with Gasteiger partial charge in [-0.2, -0.15) is 0 Å². The lowest BCUT2D eigenvalue weighted by Gasteiger charge is -2.23. The van der Waals surface area contributed by atoms with Crippen LogP contribution in [-0.2, 0) is 19.0 Å². The Kier molecular flexibility index (Phi) is 10.1. The molecule has 0 saturated carbocycles. The van der Waals surface area contributed by atoms with E-state index in [1.165, 1.54) is 0 Å². The number of ether oxygens (including phenoxy) is 3. The van der Waals surface area contributed by atoms with E-state index >= 15 is 0 Å². The molecule has 17 heavy (non-hydrogen) atoms. The van der Waals surface area contributed by atoms with Crippen molar-refractivity contribution in [1.82, 2.24) is 0 Å². The number of quaternary nitrogens is 1. The lowest BCUT2D eigenvalue weighted by molar-refractivity contribution is -0.870. The first-order valence-corrected chi connectivity index (χ1v) is 7.16. The Morgan fingerprint density at radius 1 is 1.00 bits per heavy atom. The zero-order valence-corrected chi connectivity index (χ0v) is 13.1. The normalized spacial score (nSPS) is 11.5. The van der Waals surface area contributed by atoms with Gasteiger partial charge in [0, 0.05) is 0 Å². The summed E-state index contributed by atoms with van der Waals surface area (Å²) in [4.78, 5) is 10.8. The van der Waals surface area contributed by atoms with Gasteiger partial charge in [-0.05, 0) is 0 Å². The molecule has 0 aliphatic carbocycles. The Bertz CT molecular complexity index is 206. The van der Waals surface area contributed by atoms with Crippen LogP contribution in [0.3, 0.4) is 0 Å². The first-order chi connectivity index (χ1) is 7.95. The predicted molar refractivity (Wildman–Crippen MR) is 74.4 cm³/mol.